The maximum atomic E-state index is 10.7. The molecule has 0 spiro atoms. The zero-order valence-corrected chi connectivity index (χ0v) is 13.3. The van der Waals surface area contributed by atoms with Crippen LogP contribution >= 0.6 is 0 Å². The van der Waals surface area contributed by atoms with Crippen molar-refractivity contribution in [2.45, 2.75) is 24.9 Å². The summed E-state index contributed by atoms with van der Waals surface area (Å²) in [6, 6.07) is 8.22. The number of benzene rings is 1. The number of carboxylic acid groups (broad SMARTS) is 2. The third-order valence-corrected chi connectivity index (χ3v) is 3.23. The first-order chi connectivity index (χ1) is 11.4. The Morgan fingerprint density at radius 3 is 2.33 bits per heavy atom. The number of aliphatic carboxylic acids is 2. The number of aromatic nitrogens is 2. The largest absolute Gasteiger partial charge is 0.480 e. The Hall–Kier alpha value is -2.71. The molecule has 0 aliphatic heterocycles. The fraction of sp³-hybridized carbons (Fsp3) is 0.312. The number of nitrogens with zero attached hydrogens (tertiary/aromatic N) is 1. The van der Waals surface area contributed by atoms with Crippen molar-refractivity contribution in [3.05, 3.63) is 54.1 Å². The van der Waals surface area contributed by atoms with Gasteiger partial charge < -0.3 is 26.2 Å². The van der Waals surface area contributed by atoms with Crippen molar-refractivity contribution in [1.82, 2.24) is 15.3 Å². The zero-order valence-electron chi connectivity index (χ0n) is 13.3. The molecule has 0 aliphatic carbocycles. The summed E-state index contributed by atoms with van der Waals surface area (Å²) in [5, 5.41) is 19.9. The van der Waals surface area contributed by atoms with Crippen LogP contribution in [-0.4, -0.2) is 51.3 Å². The van der Waals surface area contributed by atoms with Gasteiger partial charge in [-0.25, -0.2) is 4.98 Å². The quantitative estimate of drug-likeness (QED) is 0.489. The number of hydrogen-bond donors (Lipinski definition) is 5. The van der Waals surface area contributed by atoms with Crippen molar-refractivity contribution in [2.24, 2.45) is 5.73 Å². The Morgan fingerprint density at radius 2 is 1.88 bits per heavy atom. The van der Waals surface area contributed by atoms with E-state index in [0.29, 0.717) is 12.1 Å². The van der Waals surface area contributed by atoms with E-state index in [2.05, 4.69) is 15.3 Å². The van der Waals surface area contributed by atoms with Crippen molar-refractivity contribution in [2.75, 3.05) is 7.05 Å². The van der Waals surface area contributed by atoms with Crippen LogP contribution in [0.5, 0.6) is 0 Å². The van der Waals surface area contributed by atoms with Gasteiger partial charge in [0.25, 0.3) is 0 Å². The van der Waals surface area contributed by atoms with Crippen LogP contribution in [0.3, 0.4) is 0 Å². The third-order valence-electron chi connectivity index (χ3n) is 3.23. The number of aromatic amines is 1. The molecule has 0 fully saturated rings. The van der Waals surface area contributed by atoms with Gasteiger partial charge in [0.2, 0.25) is 0 Å². The highest BCUT2D eigenvalue weighted by Gasteiger charge is 2.14. The minimum Gasteiger partial charge on any atom is -0.480 e. The van der Waals surface area contributed by atoms with Crippen molar-refractivity contribution in [3.8, 4) is 0 Å². The summed E-state index contributed by atoms with van der Waals surface area (Å²) in [4.78, 5) is 27.5. The zero-order chi connectivity index (χ0) is 17.9. The molecule has 2 rings (SSSR count). The van der Waals surface area contributed by atoms with E-state index >= 15 is 0 Å². The normalized spacial score (nSPS) is 12.6. The molecule has 1 aromatic heterocycles. The summed E-state index contributed by atoms with van der Waals surface area (Å²) in [6.45, 7) is 0. The molecule has 24 heavy (non-hydrogen) atoms. The summed E-state index contributed by atoms with van der Waals surface area (Å²) in [5.41, 5.74) is 6.95. The number of hydrogen-bond acceptors (Lipinski definition) is 5. The summed E-state index contributed by atoms with van der Waals surface area (Å²) < 4.78 is 0. The lowest BCUT2D eigenvalue weighted by Crippen LogP contribution is -2.35. The smallest absolute Gasteiger partial charge is 0.321 e. The van der Waals surface area contributed by atoms with Crippen molar-refractivity contribution in [3.63, 3.8) is 0 Å². The first-order valence-corrected chi connectivity index (χ1v) is 7.34. The molecule has 0 saturated heterocycles. The van der Waals surface area contributed by atoms with Gasteiger partial charge in [-0.3, -0.25) is 9.59 Å². The predicted molar refractivity (Wildman–Crippen MR) is 88.5 cm³/mol. The second-order valence-corrected chi connectivity index (χ2v) is 5.08. The third kappa shape index (κ3) is 7.03. The van der Waals surface area contributed by atoms with Gasteiger partial charge >= 0.3 is 11.9 Å². The molecule has 0 bridgehead atoms. The predicted octanol–water partition coefficient (Wildman–Crippen LogP) is 0.266. The maximum Gasteiger partial charge on any atom is 0.321 e. The van der Waals surface area contributed by atoms with E-state index in [-0.39, 0.29) is 6.42 Å². The van der Waals surface area contributed by atoms with Crippen molar-refractivity contribution in [1.29, 1.82) is 0 Å². The van der Waals surface area contributed by atoms with Gasteiger partial charge in [0.1, 0.15) is 12.1 Å². The molecule has 2 aromatic rings. The summed E-state index contributed by atoms with van der Waals surface area (Å²) in [5.74, 6) is -1.82. The molecule has 130 valence electrons. The SMILES string of the molecule is CN[C@@H](Cc1ccccc1)C(=O)O.N[C@H](Cc1c[nH]cn1)C(=O)O. The molecular weight excluding hydrogens is 312 g/mol. The summed E-state index contributed by atoms with van der Waals surface area (Å²) in [6.07, 6.45) is 3.90. The minimum atomic E-state index is -1.01. The van der Waals surface area contributed by atoms with Gasteiger partial charge in [-0.15, -0.1) is 0 Å². The number of carbonyl (C=O) groups is 2. The van der Waals surface area contributed by atoms with E-state index in [9.17, 15) is 9.59 Å². The average molecular weight is 334 g/mol. The lowest BCUT2D eigenvalue weighted by Gasteiger charge is -2.10. The molecular formula is C16H22N4O4. The van der Waals surface area contributed by atoms with Crippen LogP contribution in [0.1, 0.15) is 11.3 Å². The first kappa shape index (κ1) is 19.3. The lowest BCUT2D eigenvalue weighted by atomic mass is 10.1. The topological polar surface area (TPSA) is 141 Å². The van der Waals surface area contributed by atoms with Crippen LogP contribution in [-0.2, 0) is 22.4 Å². The van der Waals surface area contributed by atoms with Crippen LogP contribution in [0.15, 0.2) is 42.9 Å². The van der Waals surface area contributed by atoms with E-state index in [0.717, 1.165) is 5.56 Å². The molecule has 2 atom stereocenters. The van der Waals surface area contributed by atoms with Crippen molar-refractivity contribution < 1.29 is 19.8 Å². The molecule has 0 unspecified atom stereocenters. The highest BCUT2D eigenvalue weighted by molar-refractivity contribution is 5.74. The minimum absolute atomic E-state index is 0.263. The first-order valence-electron chi connectivity index (χ1n) is 7.34. The molecule has 0 aliphatic rings. The van der Waals surface area contributed by atoms with E-state index in [4.69, 9.17) is 15.9 Å². The van der Waals surface area contributed by atoms with E-state index in [1.54, 1.807) is 13.2 Å². The number of likely N-dealkylation sites (N-methyl/N-ethyl adjacent to an activating group) is 1. The van der Waals surface area contributed by atoms with Gasteiger partial charge in [0.15, 0.2) is 0 Å². The lowest BCUT2D eigenvalue weighted by molar-refractivity contribution is -0.139. The molecule has 0 saturated carbocycles. The van der Waals surface area contributed by atoms with Crippen molar-refractivity contribution >= 4 is 11.9 Å². The summed E-state index contributed by atoms with van der Waals surface area (Å²) >= 11 is 0. The van der Waals surface area contributed by atoms with Gasteiger partial charge in [0.05, 0.1) is 12.0 Å². The second-order valence-electron chi connectivity index (χ2n) is 5.08. The number of H-pyrrole nitrogens is 1. The molecule has 1 heterocycles. The van der Waals surface area contributed by atoms with Crippen LogP contribution in [0.25, 0.3) is 0 Å². The second kappa shape index (κ2) is 10.1. The number of rotatable bonds is 7. The Kier molecular flexibility index (Phi) is 8.17. The average Bonchev–Trinajstić information content (AvgIpc) is 3.06. The van der Waals surface area contributed by atoms with Crippen LogP contribution in [0, 0.1) is 0 Å². The molecule has 0 radical (unpaired) electrons. The Bertz CT molecular complexity index is 616. The standard InChI is InChI=1S/C10H13NO2.C6H9N3O2/c1-11-9(10(12)13)7-8-5-3-2-4-6-8;7-5(6(10)11)1-4-2-8-3-9-4/h2-6,9,11H,7H2,1H3,(H,12,13);2-3,5H,1,7H2,(H,8,9)(H,10,11)/t9-;5-/m01/s1. The fourth-order valence-electron chi connectivity index (χ4n) is 1.88. The Morgan fingerprint density at radius 1 is 1.21 bits per heavy atom. The van der Waals surface area contributed by atoms with Crippen LogP contribution < -0.4 is 11.1 Å². The van der Waals surface area contributed by atoms with Crippen LogP contribution in [0.2, 0.25) is 0 Å². The van der Waals surface area contributed by atoms with E-state index < -0.39 is 24.0 Å². The Balaban J connectivity index is 0.000000243. The highest BCUT2D eigenvalue weighted by atomic mass is 16.4. The van der Waals surface area contributed by atoms with Gasteiger partial charge in [-0.05, 0) is 19.0 Å². The van der Waals surface area contributed by atoms with Gasteiger partial charge in [0, 0.05) is 12.6 Å². The molecule has 6 N–H and O–H groups in total. The fourth-order valence-corrected chi connectivity index (χ4v) is 1.88. The van der Waals surface area contributed by atoms with Gasteiger partial charge in [-0.1, -0.05) is 30.3 Å². The Labute approximate surface area is 139 Å². The highest BCUT2D eigenvalue weighted by Crippen LogP contribution is 2.02. The molecule has 0 amide bonds. The number of nitrogens with one attached hydrogen (secondary N) is 2. The molecule has 1 aromatic carbocycles. The summed E-state index contributed by atoms with van der Waals surface area (Å²) in [7, 11) is 1.65. The van der Waals surface area contributed by atoms with Gasteiger partial charge in [-0.2, -0.15) is 0 Å². The molecule has 8 heteroatoms. The maximum absolute atomic E-state index is 10.7. The van der Waals surface area contributed by atoms with Crippen LogP contribution in [0.4, 0.5) is 0 Å². The monoisotopic (exact) mass is 334 g/mol. The number of nitrogens with two attached hydrogens (primary N) is 1. The molecule has 8 nitrogen and oxygen atoms in total. The van der Waals surface area contributed by atoms with E-state index in [1.807, 2.05) is 30.3 Å². The number of imidazole rings is 1. The number of carboxylic acids is 2. The van der Waals surface area contributed by atoms with E-state index in [1.165, 1.54) is 6.33 Å².